The van der Waals surface area contributed by atoms with Crippen molar-refractivity contribution in [2.75, 3.05) is 6.61 Å². The molecule has 0 bridgehead atoms. The Morgan fingerprint density at radius 1 is 1.00 bits per heavy atom. The van der Waals surface area contributed by atoms with Gasteiger partial charge in [0.25, 0.3) is 0 Å². The van der Waals surface area contributed by atoms with E-state index in [0.29, 0.717) is 12.2 Å². The molecule has 0 aliphatic carbocycles. The molecular weight excluding hydrogens is 238 g/mol. The summed E-state index contributed by atoms with van der Waals surface area (Å²) in [5.41, 5.74) is 1.57. The number of benzene rings is 2. The summed E-state index contributed by atoms with van der Waals surface area (Å²) in [6, 6.07) is 15.0. The van der Waals surface area contributed by atoms with E-state index in [2.05, 4.69) is 6.07 Å². The van der Waals surface area contributed by atoms with Crippen LogP contribution in [0.1, 0.15) is 18.1 Å². The molecule has 0 saturated heterocycles. The van der Waals surface area contributed by atoms with Crippen molar-refractivity contribution >= 4 is 0 Å². The van der Waals surface area contributed by atoms with Crippen molar-refractivity contribution in [2.45, 2.75) is 13.8 Å². The number of aryl methyl sites for hydroxylation is 1. The standard InChI is InChI=1S/C16H15NO2/c1-3-18-14-6-8-15(9-7-14)19-16-5-4-13(11-17)12(2)10-16/h4-10H,3H2,1-2H3. The summed E-state index contributed by atoms with van der Waals surface area (Å²) in [6.07, 6.45) is 0. The van der Waals surface area contributed by atoms with Crippen molar-refractivity contribution in [1.82, 2.24) is 0 Å². The van der Waals surface area contributed by atoms with Crippen molar-refractivity contribution in [3.63, 3.8) is 0 Å². The summed E-state index contributed by atoms with van der Waals surface area (Å²) in [5, 5.41) is 8.88. The summed E-state index contributed by atoms with van der Waals surface area (Å²) in [6.45, 7) is 4.49. The molecule has 2 rings (SSSR count). The maximum atomic E-state index is 8.88. The predicted molar refractivity (Wildman–Crippen MR) is 73.6 cm³/mol. The second-order valence-electron chi connectivity index (χ2n) is 4.10. The van der Waals surface area contributed by atoms with Crippen LogP contribution in [0.2, 0.25) is 0 Å². The van der Waals surface area contributed by atoms with E-state index in [0.717, 1.165) is 22.8 Å². The Hall–Kier alpha value is -2.47. The summed E-state index contributed by atoms with van der Waals surface area (Å²) in [7, 11) is 0. The molecule has 0 aromatic heterocycles. The lowest BCUT2D eigenvalue weighted by atomic mass is 10.1. The van der Waals surface area contributed by atoms with Crippen molar-refractivity contribution in [3.05, 3.63) is 53.6 Å². The summed E-state index contributed by atoms with van der Waals surface area (Å²) in [5.74, 6) is 2.29. The summed E-state index contributed by atoms with van der Waals surface area (Å²) >= 11 is 0. The lowest BCUT2D eigenvalue weighted by molar-refractivity contribution is 0.339. The minimum Gasteiger partial charge on any atom is -0.494 e. The Bertz CT molecular complexity index is 597. The number of hydrogen-bond donors (Lipinski definition) is 0. The first-order chi connectivity index (χ1) is 9.22. The molecule has 0 unspecified atom stereocenters. The fourth-order valence-corrected chi connectivity index (χ4v) is 1.73. The lowest BCUT2D eigenvalue weighted by Gasteiger charge is -2.08. The Kier molecular flexibility index (Phi) is 4.04. The first kappa shape index (κ1) is 13.0. The molecule has 0 fully saturated rings. The monoisotopic (exact) mass is 253 g/mol. The number of nitriles is 1. The molecular formula is C16H15NO2. The van der Waals surface area contributed by atoms with Crippen molar-refractivity contribution in [2.24, 2.45) is 0 Å². The van der Waals surface area contributed by atoms with Crippen LogP contribution in [0.15, 0.2) is 42.5 Å². The Labute approximate surface area is 113 Å². The molecule has 0 aliphatic heterocycles. The fourth-order valence-electron chi connectivity index (χ4n) is 1.73. The SMILES string of the molecule is CCOc1ccc(Oc2ccc(C#N)c(C)c2)cc1. The van der Waals surface area contributed by atoms with Gasteiger partial charge in [-0.05, 0) is 61.9 Å². The molecule has 2 aromatic carbocycles. The molecule has 3 nitrogen and oxygen atoms in total. The molecule has 3 heteroatoms. The molecule has 2 aromatic rings. The van der Waals surface area contributed by atoms with E-state index in [-0.39, 0.29) is 0 Å². The van der Waals surface area contributed by atoms with E-state index >= 15 is 0 Å². The van der Waals surface area contributed by atoms with Crippen molar-refractivity contribution in [3.8, 4) is 23.3 Å². The second kappa shape index (κ2) is 5.92. The van der Waals surface area contributed by atoms with Crippen molar-refractivity contribution in [1.29, 1.82) is 5.26 Å². The largest absolute Gasteiger partial charge is 0.494 e. The highest BCUT2D eigenvalue weighted by Crippen LogP contribution is 2.25. The molecule has 0 spiro atoms. The van der Waals surface area contributed by atoms with Gasteiger partial charge in [0.1, 0.15) is 17.2 Å². The molecule has 0 N–H and O–H groups in total. The second-order valence-corrected chi connectivity index (χ2v) is 4.10. The van der Waals surface area contributed by atoms with Crippen molar-refractivity contribution < 1.29 is 9.47 Å². The van der Waals surface area contributed by atoms with Crippen LogP contribution >= 0.6 is 0 Å². The van der Waals surface area contributed by atoms with E-state index in [1.165, 1.54) is 0 Å². The molecule has 0 saturated carbocycles. The van der Waals surface area contributed by atoms with Gasteiger partial charge in [0.05, 0.1) is 18.2 Å². The molecule has 19 heavy (non-hydrogen) atoms. The summed E-state index contributed by atoms with van der Waals surface area (Å²) < 4.78 is 11.1. The van der Waals surface area contributed by atoms with Crippen LogP contribution in [0.4, 0.5) is 0 Å². The van der Waals surface area contributed by atoms with Crippen LogP contribution in [0.3, 0.4) is 0 Å². The fraction of sp³-hybridized carbons (Fsp3) is 0.188. The predicted octanol–water partition coefficient (Wildman–Crippen LogP) is 4.06. The third-order valence-electron chi connectivity index (χ3n) is 2.69. The van der Waals surface area contributed by atoms with E-state index < -0.39 is 0 Å². The highest BCUT2D eigenvalue weighted by atomic mass is 16.5. The van der Waals surface area contributed by atoms with Crippen LogP contribution < -0.4 is 9.47 Å². The number of nitrogens with zero attached hydrogens (tertiary/aromatic N) is 1. The van der Waals surface area contributed by atoms with Gasteiger partial charge in [-0.1, -0.05) is 0 Å². The van der Waals surface area contributed by atoms with Gasteiger partial charge in [-0.15, -0.1) is 0 Å². The van der Waals surface area contributed by atoms with E-state index in [1.54, 1.807) is 12.1 Å². The van der Waals surface area contributed by atoms with E-state index in [1.807, 2.05) is 44.2 Å². The topological polar surface area (TPSA) is 42.2 Å². The number of hydrogen-bond acceptors (Lipinski definition) is 3. The quantitative estimate of drug-likeness (QED) is 0.825. The zero-order valence-corrected chi connectivity index (χ0v) is 11.0. The van der Waals surface area contributed by atoms with Gasteiger partial charge in [0, 0.05) is 0 Å². The third-order valence-corrected chi connectivity index (χ3v) is 2.69. The van der Waals surface area contributed by atoms with Crippen LogP contribution in [0.5, 0.6) is 17.2 Å². The maximum Gasteiger partial charge on any atom is 0.127 e. The van der Waals surface area contributed by atoms with Crippen LogP contribution in [-0.2, 0) is 0 Å². The smallest absolute Gasteiger partial charge is 0.127 e. The number of rotatable bonds is 4. The van der Waals surface area contributed by atoms with Gasteiger partial charge in [-0.2, -0.15) is 5.26 Å². The van der Waals surface area contributed by atoms with E-state index in [9.17, 15) is 0 Å². The normalized spacial score (nSPS) is 9.74. The Morgan fingerprint density at radius 2 is 1.63 bits per heavy atom. The number of ether oxygens (including phenoxy) is 2. The third kappa shape index (κ3) is 3.26. The highest BCUT2D eigenvalue weighted by Gasteiger charge is 2.02. The molecule has 0 heterocycles. The molecule has 0 radical (unpaired) electrons. The first-order valence-electron chi connectivity index (χ1n) is 6.14. The minimum atomic E-state index is 0.648. The van der Waals surface area contributed by atoms with Gasteiger partial charge in [-0.3, -0.25) is 0 Å². The average molecular weight is 253 g/mol. The molecule has 0 aliphatic rings. The van der Waals surface area contributed by atoms with Crippen LogP contribution in [-0.4, -0.2) is 6.61 Å². The van der Waals surface area contributed by atoms with Crippen LogP contribution in [0, 0.1) is 18.3 Å². The highest BCUT2D eigenvalue weighted by molar-refractivity contribution is 5.43. The van der Waals surface area contributed by atoms with Gasteiger partial charge < -0.3 is 9.47 Å². The van der Waals surface area contributed by atoms with E-state index in [4.69, 9.17) is 14.7 Å². The zero-order chi connectivity index (χ0) is 13.7. The first-order valence-corrected chi connectivity index (χ1v) is 6.14. The van der Waals surface area contributed by atoms with Gasteiger partial charge in [0.15, 0.2) is 0 Å². The van der Waals surface area contributed by atoms with Gasteiger partial charge in [0.2, 0.25) is 0 Å². The van der Waals surface area contributed by atoms with Gasteiger partial charge in [-0.25, -0.2) is 0 Å². The minimum absolute atomic E-state index is 0.648. The molecule has 96 valence electrons. The summed E-state index contributed by atoms with van der Waals surface area (Å²) in [4.78, 5) is 0. The maximum absolute atomic E-state index is 8.88. The van der Waals surface area contributed by atoms with Crippen LogP contribution in [0.25, 0.3) is 0 Å². The average Bonchev–Trinajstić information content (AvgIpc) is 2.42. The molecule has 0 atom stereocenters. The molecule has 0 amide bonds. The Balaban J connectivity index is 2.13. The zero-order valence-electron chi connectivity index (χ0n) is 11.0. The Morgan fingerprint density at radius 3 is 2.21 bits per heavy atom. The van der Waals surface area contributed by atoms with Gasteiger partial charge >= 0.3 is 0 Å². The lowest BCUT2D eigenvalue weighted by Crippen LogP contribution is -1.91.